The van der Waals surface area contributed by atoms with Crippen LogP contribution in [0.5, 0.6) is 0 Å². The zero-order valence-electron chi connectivity index (χ0n) is 8.57. The number of thiophene rings is 1. The molecule has 5 heteroatoms. The van der Waals surface area contributed by atoms with Gasteiger partial charge in [-0.1, -0.05) is 11.6 Å². The van der Waals surface area contributed by atoms with Crippen molar-refractivity contribution in [3.63, 3.8) is 0 Å². The Labute approximate surface area is 97.7 Å². The molecule has 0 aliphatic rings. The fourth-order valence-corrected chi connectivity index (χ4v) is 2.85. The van der Waals surface area contributed by atoms with E-state index in [0.29, 0.717) is 0 Å². The van der Waals surface area contributed by atoms with Crippen molar-refractivity contribution in [1.82, 2.24) is 15.1 Å². The number of aromatic nitrogens is 2. The third-order valence-corrected chi connectivity index (χ3v) is 3.68. The van der Waals surface area contributed by atoms with Gasteiger partial charge >= 0.3 is 0 Å². The van der Waals surface area contributed by atoms with E-state index in [9.17, 15) is 0 Å². The molecule has 2 heterocycles. The number of aryl methyl sites for hydroxylation is 1. The van der Waals surface area contributed by atoms with E-state index in [0.717, 1.165) is 15.5 Å². The fraction of sp³-hybridized carbons (Fsp3) is 0.300. The molecule has 2 aromatic rings. The molecule has 0 saturated carbocycles. The van der Waals surface area contributed by atoms with E-state index in [-0.39, 0.29) is 6.04 Å². The van der Waals surface area contributed by atoms with Crippen molar-refractivity contribution in [3.05, 3.63) is 39.3 Å². The van der Waals surface area contributed by atoms with Crippen molar-refractivity contribution in [2.75, 3.05) is 7.05 Å². The largest absolute Gasteiger partial charge is 0.309 e. The average molecular weight is 242 g/mol. The molecular weight excluding hydrogens is 230 g/mol. The van der Waals surface area contributed by atoms with Crippen LogP contribution in [0.4, 0.5) is 0 Å². The quantitative estimate of drug-likeness (QED) is 0.895. The highest BCUT2D eigenvalue weighted by Crippen LogP contribution is 2.32. The van der Waals surface area contributed by atoms with Crippen molar-refractivity contribution >= 4 is 22.9 Å². The van der Waals surface area contributed by atoms with Crippen molar-refractivity contribution in [3.8, 4) is 0 Å². The Morgan fingerprint density at radius 1 is 1.60 bits per heavy atom. The van der Waals surface area contributed by atoms with Gasteiger partial charge in [-0.05, 0) is 18.5 Å². The molecule has 1 unspecified atom stereocenters. The van der Waals surface area contributed by atoms with Crippen LogP contribution >= 0.6 is 22.9 Å². The molecule has 80 valence electrons. The normalized spacial score (nSPS) is 13.0. The molecule has 0 radical (unpaired) electrons. The summed E-state index contributed by atoms with van der Waals surface area (Å²) in [6.45, 7) is 0. The van der Waals surface area contributed by atoms with E-state index in [2.05, 4.69) is 10.4 Å². The number of nitrogens with one attached hydrogen (secondary N) is 1. The Morgan fingerprint density at radius 2 is 2.40 bits per heavy atom. The third-order valence-electron chi connectivity index (χ3n) is 2.25. The van der Waals surface area contributed by atoms with Crippen LogP contribution in [0.1, 0.15) is 16.5 Å². The summed E-state index contributed by atoms with van der Waals surface area (Å²) in [6, 6.07) is 2.05. The molecule has 1 atom stereocenters. The first-order valence-corrected chi connectivity index (χ1v) is 5.87. The maximum atomic E-state index is 6.11. The molecule has 2 aromatic heterocycles. The van der Waals surface area contributed by atoms with Gasteiger partial charge in [0.2, 0.25) is 0 Å². The van der Waals surface area contributed by atoms with Crippen molar-refractivity contribution in [2.45, 2.75) is 6.04 Å². The first-order valence-electron chi connectivity index (χ1n) is 4.61. The minimum Gasteiger partial charge on any atom is -0.309 e. The molecule has 15 heavy (non-hydrogen) atoms. The second-order valence-corrected chi connectivity index (χ2v) is 4.66. The summed E-state index contributed by atoms with van der Waals surface area (Å²) < 4.78 is 1.79. The Morgan fingerprint density at radius 3 is 2.87 bits per heavy atom. The minimum atomic E-state index is 0.131. The highest BCUT2D eigenvalue weighted by molar-refractivity contribution is 7.10. The Kier molecular flexibility index (Phi) is 3.09. The smallest absolute Gasteiger partial charge is 0.0714 e. The number of rotatable bonds is 3. The molecule has 0 aliphatic heterocycles. The summed E-state index contributed by atoms with van der Waals surface area (Å²) in [5.74, 6) is 0. The Hall–Kier alpha value is -0.840. The van der Waals surface area contributed by atoms with Gasteiger partial charge in [0.25, 0.3) is 0 Å². The van der Waals surface area contributed by atoms with Gasteiger partial charge in [0, 0.05) is 23.7 Å². The summed E-state index contributed by atoms with van der Waals surface area (Å²) in [5, 5.41) is 10.2. The number of hydrogen-bond acceptors (Lipinski definition) is 3. The first kappa shape index (κ1) is 10.7. The topological polar surface area (TPSA) is 29.9 Å². The second kappa shape index (κ2) is 4.35. The van der Waals surface area contributed by atoms with Crippen LogP contribution in [0.2, 0.25) is 5.02 Å². The van der Waals surface area contributed by atoms with E-state index in [1.807, 2.05) is 37.9 Å². The molecule has 0 amide bonds. The SMILES string of the molecule is CNC(c1cnn(C)c1)c1sccc1Cl. The predicted octanol–water partition coefficient (Wildman–Crippen LogP) is 2.44. The van der Waals surface area contributed by atoms with Gasteiger partial charge < -0.3 is 5.32 Å². The molecule has 1 N–H and O–H groups in total. The van der Waals surface area contributed by atoms with Crippen LogP contribution in [-0.4, -0.2) is 16.8 Å². The van der Waals surface area contributed by atoms with Gasteiger partial charge in [-0.25, -0.2) is 0 Å². The molecule has 0 bridgehead atoms. The number of halogens is 1. The Bertz CT molecular complexity index is 449. The fourth-order valence-electron chi connectivity index (χ4n) is 1.55. The highest BCUT2D eigenvalue weighted by Gasteiger charge is 2.17. The minimum absolute atomic E-state index is 0.131. The van der Waals surface area contributed by atoms with Crippen LogP contribution in [0.3, 0.4) is 0 Å². The Balaban J connectivity index is 2.36. The van der Waals surface area contributed by atoms with Crippen molar-refractivity contribution < 1.29 is 0 Å². The predicted molar refractivity (Wildman–Crippen MR) is 63.4 cm³/mol. The summed E-state index contributed by atoms with van der Waals surface area (Å²) >= 11 is 7.77. The van der Waals surface area contributed by atoms with E-state index >= 15 is 0 Å². The van der Waals surface area contributed by atoms with E-state index in [4.69, 9.17) is 11.6 Å². The molecular formula is C10H12ClN3S. The van der Waals surface area contributed by atoms with Gasteiger partial charge in [0.15, 0.2) is 0 Å². The van der Waals surface area contributed by atoms with Crippen LogP contribution in [-0.2, 0) is 7.05 Å². The molecule has 0 saturated heterocycles. The van der Waals surface area contributed by atoms with E-state index in [1.165, 1.54) is 0 Å². The molecule has 0 fully saturated rings. The second-order valence-electron chi connectivity index (χ2n) is 3.30. The monoisotopic (exact) mass is 241 g/mol. The van der Waals surface area contributed by atoms with Crippen LogP contribution in [0, 0.1) is 0 Å². The van der Waals surface area contributed by atoms with Gasteiger partial charge in [-0.2, -0.15) is 5.10 Å². The third kappa shape index (κ3) is 2.07. The summed E-state index contributed by atoms with van der Waals surface area (Å²) in [4.78, 5) is 1.13. The van der Waals surface area contributed by atoms with E-state index in [1.54, 1.807) is 16.0 Å². The molecule has 3 nitrogen and oxygen atoms in total. The van der Waals surface area contributed by atoms with Gasteiger partial charge in [-0.15, -0.1) is 11.3 Å². The van der Waals surface area contributed by atoms with Gasteiger partial charge in [0.1, 0.15) is 0 Å². The van der Waals surface area contributed by atoms with E-state index < -0.39 is 0 Å². The summed E-state index contributed by atoms with van der Waals surface area (Å²) in [7, 11) is 3.83. The van der Waals surface area contributed by atoms with Crippen molar-refractivity contribution in [2.24, 2.45) is 7.05 Å². The maximum absolute atomic E-state index is 6.11. The zero-order chi connectivity index (χ0) is 10.8. The lowest BCUT2D eigenvalue weighted by molar-refractivity contribution is 0.701. The van der Waals surface area contributed by atoms with Crippen molar-refractivity contribution in [1.29, 1.82) is 0 Å². The first-order chi connectivity index (χ1) is 7.22. The standard InChI is InChI=1S/C10H12ClN3S/c1-12-9(7-5-13-14(2)6-7)10-8(11)3-4-15-10/h3-6,9,12H,1-2H3. The lowest BCUT2D eigenvalue weighted by atomic mass is 10.1. The molecule has 0 aromatic carbocycles. The van der Waals surface area contributed by atoms with Crippen LogP contribution < -0.4 is 5.32 Å². The molecule has 0 spiro atoms. The van der Waals surface area contributed by atoms with Gasteiger partial charge in [0.05, 0.1) is 17.3 Å². The molecule has 0 aliphatic carbocycles. The lowest BCUT2D eigenvalue weighted by Crippen LogP contribution is -2.16. The summed E-state index contributed by atoms with van der Waals surface area (Å²) in [6.07, 6.45) is 3.86. The maximum Gasteiger partial charge on any atom is 0.0714 e. The zero-order valence-corrected chi connectivity index (χ0v) is 10.1. The lowest BCUT2D eigenvalue weighted by Gasteiger charge is -2.12. The molecule has 2 rings (SSSR count). The number of hydrogen-bond donors (Lipinski definition) is 1. The van der Waals surface area contributed by atoms with Gasteiger partial charge in [-0.3, -0.25) is 4.68 Å². The summed E-state index contributed by atoms with van der Waals surface area (Å²) in [5.41, 5.74) is 1.13. The average Bonchev–Trinajstić information content (AvgIpc) is 2.79. The highest BCUT2D eigenvalue weighted by atomic mass is 35.5. The van der Waals surface area contributed by atoms with Crippen LogP contribution in [0.15, 0.2) is 23.8 Å². The number of nitrogens with zero attached hydrogens (tertiary/aromatic N) is 2. The van der Waals surface area contributed by atoms with Crippen LogP contribution in [0.25, 0.3) is 0 Å².